The smallest absolute Gasteiger partial charge is 0.321 e. The van der Waals surface area contributed by atoms with Gasteiger partial charge in [-0.15, -0.1) is 0 Å². The van der Waals surface area contributed by atoms with Crippen molar-refractivity contribution in [3.63, 3.8) is 0 Å². The highest BCUT2D eigenvalue weighted by molar-refractivity contribution is 6.66. The van der Waals surface area contributed by atoms with E-state index in [1.807, 2.05) is 6.92 Å². The van der Waals surface area contributed by atoms with E-state index in [9.17, 15) is 9.59 Å². The van der Waals surface area contributed by atoms with Crippen LogP contribution in [0.4, 0.5) is 0 Å². The van der Waals surface area contributed by atoms with Crippen LogP contribution in [0.2, 0.25) is 0 Å². The van der Waals surface area contributed by atoms with E-state index in [2.05, 4.69) is 6.92 Å². The van der Waals surface area contributed by atoms with Gasteiger partial charge in [0.05, 0.1) is 6.10 Å². The number of carbonyl (C=O) groups is 2. The Morgan fingerprint density at radius 1 is 1.24 bits per heavy atom. The molecule has 0 aliphatic heterocycles. The van der Waals surface area contributed by atoms with Gasteiger partial charge in [-0.3, -0.25) is 9.59 Å². The van der Waals surface area contributed by atoms with Crippen LogP contribution in [0.5, 0.6) is 0 Å². The predicted molar refractivity (Wildman–Crippen MR) is 69.0 cm³/mol. The third-order valence-electron chi connectivity index (χ3n) is 3.25. The fourth-order valence-electron chi connectivity index (χ4n) is 1.74. The maximum absolute atomic E-state index is 12.0. The Balaban J connectivity index is 4.59. The van der Waals surface area contributed by atoms with E-state index in [-0.39, 0.29) is 6.10 Å². The second-order valence-electron chi connectivity index (χ2n) is 4.42. The molecule has 17 heavy (non-hydrogen) atoms. The van der Waals surface area contributed by atoms with Crippen molar-refractivity contribution in [1.82, 2.24) is 0 Å². The van der Waals surface area contributed by atoms with Gasteiger partial charge < -0.3 is 4.74 Å². The van der Waals surface area contributed by atoms with Crippen molar-refractivity contribution in [3.05, 3.63) is 0 Å². The molecule has 0 bridgehead atoms. The van der Waals surface area contributed by atoms with E-state index in [4.69, 9.17) is 16.3 Å². The van der Waals surface area contributed by atoms with Crippen LogP contribution in [0.3, 0.4) is 0 Å². The first kappa shape index (κ1) is 16.4. The molecule has 4 heteroatoms. The second kappa shape index (κ2) is 7.70. The van der Waals surface area contributed by atoms with Gasteiger partial charge in [0.25, 0.3) is 0 Å². The summed E-state index contributed by atoms with van der Waals surface area (Å²) in [7, 11) is 0. The van der Waals surface area contributed by atoms with E-state index in [0.29, 0.717) is 12.8 Å². The van der Waals surface area contributed by atoms with Crippen LogP contribution in [0.1, 0.15) is 59.8 Å². The van der Waals surface area contributed by atoms with Gasteiger partial charge >= 0.3 is 5.97 Å². The number of rotatable bonds is 8. The lowest BCUT2D eigenvalue weighted by atomic mass is 9.84. The summed E-state index contributed by atoms with van der Waals surface area (Å²) in [6.45, 7) is 7.49. The average Bonchev–Trinajstić information content (AvgIpc) is 2.28. The molecule has 0 radical (unpaired) electrons. The van der Waals surface area contributed by atoms with Crippen molar-refractivity contribution in [2.24, 2.45) is 5.41 Å². The summed E-state index contributed by atoms with van der Waals surface area (Å²) in [4.78, 5) is 23.4. The molecule has 0 rings (SSSR count). The zero-order valence-corrected chi connectivity index (χ0v) is 12.0. The Morgan fingerprint density at radius 2 is 1.76 bits per heavy atom. The van der Waals surface area contributed by atoms with Crippen LogP contribution in [-0.2, 0) is 14.3 Å². The van der Waals surface area contributed by atoms with E-state index in [0.717, 1.165) is 19.3 Å². The minimum Gasteiger partial charge on any atom is -0.462 e. The number of hydrogen-bond acceptors (Lipinski definition) is 3. The molecule has 3 nitrogen and oxygen atoms in total. The molecule has 0 heterocycles. The molecular weight excluding hydrogens is 240 g/mol. The summed E-state index contributed by atoms with van der Waals surface area (Å²) in [5, 5.41) is -0.616. The minimum atomic E-state index is -1.16. The summed E-state index contributed by atoms with van der Waals surface area (Å²) in [5.41, 5.74) is -1.16. The fraction of sp³-hybridized carbons (Fsp3) is 0.846. The molecule has 0 fully saturated rings. The lowest BCUT2D eigenvalue weighted by molar-refractivity contribution is -0.163. The fourth-order valence-corrected chi connectivity index (χ4v) is 2.09. The van der Waals surface area contributed by atoms with Crippen LogP contribution < -0.4 is 0 Å². The Labute approximate surface area is 109 Å². The van der Waals surface area contributed by atoms with Gasteiger partial charge in [-0.1, -0.05) is 33.6 Å². The number of carbonyl (C=O) groups excluding carboxylic acids is 2. The molecule has 1 atom stereocenters. The maximum Gasteiger partial charge on any atom is 0.321 e. The molecule has 100 valence electrons. The molecule has 0 aromatic carbocycles. The van der Waals surface area contributed by atoms with Crippen LogP contribution in [0, 0.1) is 5.41 Å². The summed E-state index contributed by atoms with van der Waals surface area (Å²) >= 11 is 5.54. The van der Waals surface area contributed by atoms with Crippen molar-refractivity contribution in [1.29, 1.82) is 0 Å². The lowest BCUT2D eigenvalue weighted by Gasteiger charge is -2.26. The second-order valence-corrected chi connectivity index (χ2v) is 4.76. The topological polar surface area (TPSA) is 43.4 Å². The van der Waals surface area contributed by atoms with Crippen LogP contribution in [0.15, 0.2) is 0 Å². The van der Waals surface area contributed by atoms with E-state index in [1.54, 1.807) is 13.8 Å². The molecule has 0 spiro atoms. The highest BCUT2D eigenvalue weighted by Gasteiger charge is 2.43. The monoisotopic (exact) mass is 262 g/mol. The molecule has 0 saturated heterocycles. The van der Waals surface area contributed by atoms with Gasteiger partial charge in [0.15, 0.2) is 0 Å². The number of unbranched alkanes of at least 4 members (excludes halogenated alkanes) is 1. The highest BCUT2D eigenvalue weighted by Crippen LogP contribution is 2.31. The van der Waals surface area contributed by atoms with E-state index < -0.39 is 16.6 Å². The molecule has 0 aliphatic carbocycles. The van der Waals surface area contributed by atoms with Crippen molar-refractivity contribution < 1.29 is 14.3 Å². The first-order valence-electron chi connectivity index (χ1n) is 6.35. The quantitative estimate of drug-likeness (QED) is 0.381. The van der Waals surface area contributed by atoms with E-state index in [1.165, 1.54) is 0 Å². The van der Waals surface area contributed by atoms with Gasteiger partial charge in [0.2, 0.25) is 5.24 Å². The summed E-state index contributed by atoms with van der Waals surface area (Å²) in [6, 6.07) is 0. The van der Waals surface area contributed by atoms with Gasteiger partial charge in [0.1, 0.15) is 5.41 Å². The van der Waals surface area contributed by atoms with Crippen LogP contribution >= 0.6 is 11.6 Å². The largest absolute Gasteiger partial charge is 0.462 e. The molecule has 0 aromatic heterocycles. The summed E-state index contributed by atoms with van der Waals surface area (Å²) in [5.74, 6) is -0.480. The average molecular weight is 263 g/mol. The van der Waals surface area contributed by atoms with Crippen molar-refractivity contribution >= 4 is 22.8 Å². The number of halogens is 1. The maximum atomic E-state index is 12.0. The Bertz CT molecular complexity index is 259. The summed E-state index contributed by atoms with van der Waals surface area (Å²) in [6.07, 6.45) is 3.49. The molecule has 1 unspecified atom stereocenters. The predicted octanol–water partition coefficient (Wildman–Crippen LogP) is 3.68. The molecule has 0 amide bonds. The molecule has 0 saturated carbocycles. The zero-order valence-electron chi connectivity index (χ0n) is 11.2. The lowest BCUT2D eigenvalue weighted by Crippen LogP contribution is -2.38. The Morgan fingerprint density at radius 3 is 2.12 bits per heavy atom. The van der Waals surface area contributed by atoms with Gasteiger partial charge in [-0.05, 0) is 37.8 Å². The molecule has 0 aromatic rings. The van der Waals surface area contributed by atoms with Crippen molar-refractivity contribution in [3.8, 4) is 0 Å². The van der Waals surface area contributed by atoms with Gasteiger partial charge in [-0.25, -0.2) is 0 Å². The number of ether oxygens (including phenoxy) is 1. The standard InChI is InChI=1S/C13H23ClO3/c1-5-8-9-10(4)17-12(16)13(6-2,7-3)11(14)15/h10H,5-9H2,1-4H3. The Hall–Kier alpha value is -0.570. The molecular formula is C13H23ClO3. The van der Waals surface area contributed by atoms with Crippen LogP contribution in [-0.4, -0.2) is 17.3 Å². The third kappa shape index (κ3) is 4.30. The minimum absolute atomic E-state index is 0.157. The number of hydrogen-bond donors (Lipinski definition) is 0. The Kier molecular flexibility index (Phi) is 7.44. The SMILES string of the molecule is CCCCC(C)OC(=O)C(CC)(CC)C(=O)Cl. The normalized spacial score (nSPS) is 13.2. The number of esters is 1. The van der Waals surface area contributed by atoms with Crippen LogP contribution in [0.25, 0.3) is 0 Å². The van der Waals surface area contributed by atoms with Crippen molar-refractivity contribution in [2.45, 2.75) is 65.9 Å². The first-order valence-corrected chi connectivity index (χ1v) is 6.73. The summed E-state index contributed by atoms with van der Waals surface area (Å²) < 4.78 is 5.32. The molecule has 0 aliphatic rings. The van der Waals surface area contributed by atoms with E-state index >= 15 is 0 Å². The van der Waals surface area contributed by atoms with Gasteiger partial charge in [0, 0.05) is 0 Å². The zero-order chi connectivity index (χ0) is 13.5. The van der Waals surface area contributed by atoms with Gasteiger partial charge in [-0.2, -0.15) is 0 Å². The first-order chi connectivity index (χ1) is 7.94. The molecule has 0 N–H and O–H groups in total. The van der Waals surface area contributed by atoms with Crippen molar-refractivity contribution in [2.75, 3.05) is 0 Å². The highest BCUT2D eigenvalue weighted by atomic mass is 35.5. The third-order valence-corrected chi connectivity index (χ3v) is 3.61.